The van der Waals surface area contributed by atoms with Crippen LogP contribution in [0.3, 0.4) is 0 Å². The maximum absolute atomic E-state index is 2.36. The average molecular weight is 98.2 g/mol. The molecule has 0 radical (unpaired) electrons. The number of allylic oxidation sites excluding steroid dienone is 2. The monoisotopic (exact) mass is 98.0 g/mol. The lowest BCUT2D eigenvalue weighted by atomic mass is 10.4. The molecular formula is C5H6S. The molecule has 0 nitrogen and oxygen atoms in total. The van der Waals surface area contributed by atoms with Gasteiger partial charge in [0.05, 0.1) is 0 Å². The van der Waals surface area contributed by atoms with Crippen LogP contribution >= 0.6 is 10.5 Å². The standard InChI is InChI=1S/C5H6S/c1-2-5-4-6(5)3-1/h2,4H,1,3H2. The molecule has 2 aliphatic heterocycles. The Morgan fingerprint density at radius 1 is 1.67 bits per heavy atom. The van der Waals surface area contributed by atoms with Crippen molar-refractivity contribution in [3.8, 4) is 0 Å². The molecule has 2 rings (SSSR count). The van der Waals surface area contributed by atoms with Crippen molar-refractivity contribution < 1.29 is 0 Å². The van der Waals surface area contributed by atoms with E-state index in [0.717, 1.165) is 10.5 Å². The molecule has 0 aromatic heterocycles. The Hall–Kier alpha value is -0.0400. The first-order chi connectivity index (χ1) is 2.97. The molecule has 0 N–H and O–H groups in total. The van der Waals surface area contributed by atoms with Crippen LogP contribution in [-0.4, -0.2) is 11.1 Å². The average Bonchev–Trinajstić information content (AvgIpc) is 2.17. The summed E-state index contributed by atoms with van der Waals surface area (Å²) < 4.78 is 0. The molecule has 2 aliphatic rings. The summed E-state index contributed by atoms with van der Waals surface area (Å²) in [5.41, 5.74) is 0. The second-order valence-corrected chi connectivity index (χ2v) is 3.62. The number of hydrogen-bond donors (Lipinski definition) is 0. The topological polar surface area (TPSA) is 0 Å². The van der Waals surface area contributed by atoms with Gasteiger partial charge in [-0.15, -0.1) is 0 Å². The molecule has 0 aromatic carbocycles. The van der Waals surface area contributed by atoms with Crippen molar-refractivity contribution in [2.24, 2.45) is 0 Å². The van der Waals surface area contributed by atoms with Crippen molar-refractivity contribution in [3.05, 3.63) is 11.0 Å². The van der Waals surface area contributed by atoms with Gasteiger partial charge in [-0.05, 0) is 17.5 Å². The van der Waals surface area contributed by atoms with Gasteiger partial charge >= 0.3 is 0 Å². The molecule has 0 aromatic rings. The van der Waals surface area contributed by atoms with Crippen LogP contribution in [0, 0.1) is 0 Å². The van der Waals surface area contributed by atoms with E-state index in [0.29, 0.717) is 0 Å². The smallest absolute Gasteiger partial charge is 0.00359 e. The van der Waals surface area contributed by atoms with Crippen LogP contribution in [0.5, 0.6) is 0 Å². The van der Waals surface area contributed by atoms with E-state index in [4.69, 9.17) is 0 Å². The third-order valence-electron chi connectivity index (χ3n) is 1.19. The first kappa shape index (κ1) is 3.03. The second-order valence-electron chi connectivity index (χ2n) is 1.65. The number of hydrogen-bond acceptors (Lipinski definition) is 0. The molecule has 2 heterocycles. The normalized spacial score (nSPS) is 37.3. The minimum absolute atomic E-state index is 0.730. The Bertz CT molecular complexity index is 139. The lowest BCUT2D eigenvalue weighted by molar-refractivity contribution is 1.27. The number of rotatable bonds is 0. The van der Waals surface area contributed by atoms with Gasteiger partial charge in [0.1, 0.15) is 0 Å². The van der Waals surface area contributed by atoms with E-state index >= 15 is 0 Å². The van der Waals surface area contributed by atoms with Crippen molar-refractivity contribution in [1.82, 2.24) is 0 Å². The van der Waals surface area contributed by atoms with Gasteiger partial charge in [0, 0.05) is 4.91 Å². The van der Waals surface area contributed by atoms with E-state index in [2.05, 4.69) is 11.4 Å². The van der Waals surface area contributed by atoms with Gasteiger partial charge in [-0.3, -0.25) is 0 Å². The summed E-state index contributed by atoms with van der Waals surface area (Å²) >= 11 is 0. The highest BCUT2D eigenvalue weighted by atomic mass is 32.2. The quantitative estimate of drug-likeness (QED) is 0.401. The summed E-state index contributed by atoms with van der Waals surface area (Å²) in [4.78, 5) is 1.65. The predicted octanol–water partition coefficient (Wildman–Crippen LogP) is 1.36. The molecule has 0 aliphatic carbocycles. The van der Waals surface area contributed by atoms with Gasteiger partial charge in [-0.2, -0.15) is 10.5 Å². The van der Waals surface area contributed by atoms with Crippen molar-refractivity contribution in [2.75, 3.05) is 5.75 Å². The van der Waals surface area contributed by atoms with Gasteiger partial charge in [0.15, 0.2) is 0 Å². The van der Waals surface area contributed by atoms with E-state index in [1.807, 2.05) is 0 Å². The van der Waals surface area contributed by atoms with E-state index in [1.54, 1.807) is 4.91 Å². The van der Waals surface area contributed by atoms with Crippen LogP contribution in [0.1, 0.15) is 6.42 Å². The molecule has 6 heavy (non-hydrogen) atoms. The lowest BCUT2D eigenvalue weighted by Gasteiger charge is -1.72. The summed E-state index contributed by atoms with van der Waals surface area (Å²) in [6.45, 7) is 0. The van der Waals surface area contributed by atoms with E-state index < -0.39 is 0 Å². The Morgan fingerprint density at radius 3 is 2.83 bits per heavy atom. The zero-order valence-corrected chi connectivity index (χ0v) is 4.29. The van der Waals surface area contributed by atoms with Crippen molar-refractivity contribution in [1.29, 1.82) is 0 Å². The summed E-state index contributed by atoms with van der Waals surface area (Å²) in [5.74, 6) is 1.44. The van der Waals surface area contributed by atoms with Crippen LogP contribution in [0.15, 0.2) is 11.0 Å². The first-order valence-electron chi connectivity index (χ1n) is 2.21. The van der Waals surface area contributed by atoms with Crippen molar-refractivity contribution in [2.45, 2.75) is 6.42 Å². The molecule has 1 unspecified atom stereocenters. The Kier molecular flexibility index (Phi) is 0.396. The van der Waals surface area contributed by atoms with Gasteiger partial charge in [-0.1, -0.05) is 6.08 Å². The highest BCUT2D eigenvalue weighted by Crippen LogP contribution is 2.43. The van der Waals surface area contributed by atoms with Crippen LogP contribution in [0.2, 0.25) is 0 Å². The maximum atomic E-state index is 2.36. The fourth-order valence-corrected chi connectivity index (χ4v) is 2.37. The Morgan fingerprint density at radius 2 is 2.67 bits per heavy atom. The highest BCUT2D eigenvalue weighted by molar-refractivity contribution is 8.27. The summed E-state index contributed by atoms with van der Waals surface area (Å²) in [5, 5.41) is 2.36. The Labute approximate surface area is 39.8 Å². The van der Waals surface area contributed by atoms with Gasteiger partial charge in [-0.25, -0.2) is 0 Å². The van der Waals surface area contributed by atoms with Crippen LogP contribution in [0.25, 0.3) is 0 Å². The van der Waals surface area contributed by atoms with E-state index in [9.17, 15) is 0 Å². The first-order valence-corrected chi connectivity index (χ1v) is 3.67. The lowest BCUT2D eigenvalue weighted by Crippen LogP contribution is -1.60. The summed E-state index contributed by atoms with van der Waals surface area (Å²) in [7, 11) is 0.730. The van der Waals surface area contributed by atoms with Crippen molar-refractivity contribution >= 4 is 15.9 Å². The van der Waals surface area contributed by atoms with Crippen molar-refractivity contribution in [3.63, 3.8) is 0 Å². The minimum Gasteiger partial charge on any atom is -0.153 e. The zero-order chi connectivity index (χ0) is 3.98. The molecule has 32 valence electrons. The molecule has 1 atom stereocenters. The fourth-order valence-electron chi connectivity index (χ4n) is 0.776. The third-order valence-corrected chi connectivity index (χ3v) is 3.04. The SMILES string of the molecule is C1=C2C=S2CC1. The van der Waals surface area contributed by atoms with E-state index in [-0.39, 0.29) is 0 Å². The molecule has 1 heteroatoms. The largest absolute Gasteiger partial charge is 0.153 e. The predicted molar refractivity (Wildman–Crippen MR) is 31.2 cm³/mol. The molecule has 0 saturated carbocycles. The van der Waals surface area contributed by atoms with Gasteiger partial charge in [0.25, 0.3) is 0 Å². The third kappa shape index (κ3) is 0.243. The zero-order valence-electron chi connectivity index (χ0n) is 3.48. The van der Waals surface area contributed by atoms with Crippen LogP contribution in [0.4, 0.5) is 0 Å². The van der Waals surface area contributed by atoms with Crippen LogP contribution in [-0.2, 0) is 0 Å². The maximum Gasteiger partial charge on any atom is 0.00359 e. The summed E-state index contributed by atoms with van der Waals surface area (Å²) in [6, 6.07) is 0. The summed E-state index contributed by atoms with van der Waals surface area (Å²) in [6.07, 6.45) is 3.71. The molecular weight excluding hydrogens is 92.1 g/mol. The Balaban J connectivity index is 2.46. The highest BCUT2D eigenvalue weighted by Gasteiger charge is 2.17. The fraction of sp³-hybridized carbons (Fsp3) is 0.400. The van der Waals surface area contributed by atoms with Gasteiger partial charge in [0.2, 0.25) is 0 Å². The van der Waals surface area contributed by atoms with E-state index in [1.165, 1.54) is 12.2 Å². The second kappa shape index (κ2) is 0.784. The molecule has 0 saturated heterocycles. The van der Waals surface area contributed by atoms with Crippen LogP contribution < -0.4 is 0 Å². The molecule has 0 fully saturated rings. The van der Waals surface area contributed by atoms with Gasteiger partial charge < -0.3 is 0 Å². The molecule has 0 amide bonds. The molecule has 0 spiro atoms. The minimum atomic E-state index is 0.730. The number of fused-ring (bicyclic) bond motifs is 1. The molecule has 0 bridgehead atoms.